The molecule has 0 spiro atoms. The number of rotatable bonds is 17. The average molecular weight is 551 g/mol. The van der Waals surface area contributed by atoms with Gasteiger partial charge in [0.05, 0.1) is 12.2 Å². The zero-order chi connectivity index (χ0) is 28.7. The summed E-state index contributed by atoms with van der Waals surface area (Å²) < 4.78 is 12.3. The molecule has 0 aliphatic carbocycles. The van der Waals surface area contributed by atoms with Gasteiger partial charge >= 0.3 is 0 Å². The fourth-order valence-corrected chi connectivity index (χ4v) is 5.16. The summed E-state index contributed by atoms with van der Waals surface area (Å²) in [4.78, 5) is 9.24. The van der Waals surface area contributed by atoms with Gasteiger partial charge in [0.25, 0.3) is 0 Å². The van der Waals surface area contributed by atoms with E-state index in [1.807, 2.05) is 54.9 Å². The van der Waals surface area contributed by atoms with Gasteiger partial charge in [-0.25, -0.2) is 9.97 Å². The first-order valence-electron chi connectivity index (χ1n) is 15.5. The molecule has 1 heterocycles. The highest BCUT2D eigenvalue weighted by atomic mass is 16.5. The summed E-state index contributed by atoms with van der Waals surface area (Å²) in [5.41, 5.74) is 4.61. The van der Waals surface area contributed by atoms with Gasteiger partial charge in [0.1, 0.15) is 11.5 Å². The predicted molar refractivity (Wildman–Crippen MR) is 170 cm³/mol. The Morgan fingerprint density at radius 1 is 0.561 bits per heavy atom. The van der Waals surface area contributed by atoms with E-state index in [0.717, 1.165) is 35.7 Å². The van der Waals surface area contributed by atoms with E-state index in [1.165, 1.54) is 68.1 Å². The highest BCUT2D eigenvalue weighted by Gasteiger charge is 2.13. The van der Waals surface area contributed by atoms with Crippen LogP contribution in [0.3, 0.4) is 0 Å². The van der Waals surface area contributed by atoms with E-state index < -0.39 is 0 Å². The molecule has 4 heteroatoms. The summed E-state index contributed by atoms with van der Waals surface area (Å²) >= 11 is 0. The van der Waals surface area contributed by atoms with Crippen molar-refractivity contribution in [1.29, 1.82) is 0 Å². The lowest BCUT2D eigenvalue weighted by molar-refractivity contribution is 0.131. The first-order chi connectivity index (χ1) is 20.1. The average Bonchev–Trinajstić information content (AvgIpc) is 3.00. The normalized spacial score (nSPS) is 12.6. The quantitative estimate of drug-likeness (QED) is 0.123. The predicted octanol–water partition coefficient (Wildman–Crippen LogP) is 10.1. The zero-order valence-electron chi connectivity index (χ0n) is 25.1. The molecule has 216 valence electrons. The molecule has 1 aromatic heterocycles. The lowest BCUT2D eigenvalue weighted by Gasteiger charge is -2.20. The maximum Gasteiger partial charge on any atom is 0.159 e. The van der Waals surface area contributed by atoms with Crippen LogP contribution >= 0.6 is 0 Å². The molecule has 0 N–H and O–H groups in total. The first-order valence-corrected chi connectivity index (χ1v) is 15.5. The topological polar surface area (TPSA) is 44.2 Å². The number of hydrogen-bond acceptors (Lipinski definition) is 4. The first kappa shape index (κ1) is 30.3. The van der Waals surface area contributed by atoms with Crippen molar-refractivity contribution in [3.8, 4) is 34.0 Å². The monoisotopic (exact) mass is 550 g/mol. The molecule has 0 aliphatic heterocycles. The van der Waals surface area contributed by atoms with Gasteiger partial charge in [0.15, 0.2) is 5.82 Å². The van der Waals surface area contributed by atoms with Crippen LogP contribution in [0.25, 0.3) is 22.5 Å². The van der Waals surface area contributed by atoms with E-state index >= 15 is 0 Å². The molecule has 3 aromatic carbocycles. The van der Waals surface area contributed by atoms with Crippen molar-refractivity contribution < 1.29 is 9.47 Å². The van der Waals surface area contributed by atoms with E-state index in [2.05, 4.69) is 67.1 Å². The van der Waals surface area contributed by atoms with Gasteiger partial charge in [-0.15, -0.1) is 0 Å². The Morgan fingerprint density at radius 2 is 1.05 bits per heavy atom. The number of ether oxygens (including phenoxy) is 2. The van der Waals surface area contributed by atoms with Crippen molar-refractivity contribution in [2.45, 2.75) is 97.2 Å². The minimum absolute atomic E-state index is 0.0197. The van der Waals surface area contributed by atoms with Crippen molar-refractivity contribution in [3.63, 3.8) is 0 Å². The number of nitrogens with zero attached hydrogens (tertiary/aromatic N) is 2. The maximum absolute atomic E-state index is 6.18. The third kappa shape index (κ3) is 10.4. The molecule has 0 unspecified atom stereocenters. The standard InChI is InChI=1S/C37H46N2O2/c1-4-5-6-7-8-9-10-12-15-31-27-38-37(39-28-31)34-20-24-36(25-21-34)41-30(3)26-29(2)40-35-22-18-33(19-23-35)32-16-13-11-14-17-32/h11,13-14,16-25,27-30H,4-10,12,15,26H2,1-3H3/t29-,30-/m0/s1. The second-order valence-electron chi connectivity index (χ2n) is 11.1. The molecular weight excluding hydrogens is 504 g/mol. The Bertz CT molecular complexity index is 1260. The van der Waals surface area contributed by atoms with Crippen molar-refractivity contribution >= 4 is 0 Å². The van der Waals surface area contributed by atoms with E-state index in [1.54, 1.807) is 0 Å². The molecule has 0 aliphatic rings. The second kappa shape index (κ2) is 16.6. The summed E-state index contributed by atoms with van der Waals surface area (Å²) in [5.74, 6) is 2.47. The van der Waals surface area contributed by atoms with Gasteiger partial charge in [-0.1, -0.05) is 94.3 Å². The summed E-state index contributed by atoms with van der Waals surface area (Å²) in [6.07, 6.45) is 16.5. The number of benzene rings is 3. The minimum Gasteiger partial charge on any atom is -0.491 e. The molecule has 0 saturated carbocycles. The highest BCUT2D eigenvalue weighted by molar-refractivity contribution is 5.63. The Morgan fingerprint density at radius 3 is 1.61 bits per heavy atom. The van der Waals surface area contributed by atoms with Crippen LogP contribution in [-0.4, -0.2) is 22.2 Å². The molecule has 4 nitrogen and oxygen atoms in total. The largest absolute Gasteiger partial charge is 0.491 e. The van der Waals surface area contributed by atoms with Crippen LogP contribution < -0.4 is 9.47 Å². The molecule has 0 saturated heterocycles. The number of unbranched alkanes of at least 4 members (excludes halogenated alkanes) is 7. The van der Waals surface area contributed by atoms with Crippen molar-refractivity contribution in [1.82, 2.24) is 9.97 Å². The van der Waals surface area contributed by atoms with Crippen LogP contribution in [0.15, 0.2) is 91.3 Å². The Balaban J connectivity index is 1.17. The van der Waals surface area contributed by atoms with Crippen LogP contribution in [0.5, 0.6) is 11.5 Å². The van der Waals surface area contributed by atoms with Gasteiger partial charge in [-0.2, -0.15) is 0 Å². The van der Waals surface area contributed by atoms with Crippen LogP contribution in [0, 0.1) is 0 Å². The Kier molecular flexibility index (Phi) is 12.2. The number of hydrogen-bond donors (Lipinski definition) is 0. The van der Waals surface area contributed by atoms with Gasteiger partial charge in [0, 0.05) is 24.4 Å². The fourth-order valence-electron chi connectivity index (χ4n) is 5.16. The molecule has 0 amide bonds. The third-order valence-corrected chi connectivity index (χ3v) is 7.44. The lowest BCUT2D eigenvalue weighted by Crippen LogP contribution is -2.22. The minimum atomic E-state index is 0.0197. The van der Waals surface area contributed by atoms with Crippen LogP contribution in [-0.2, 0) is 6.42 Å². The Hall–Kier alpha value is -3.66. The lowest BCUT2D eigenvalue weighted by atomic mass is 10.1. The molecule has 0 radical (unpaired) electrons. The number of aromatic nitrogens is 2. The van der Waals surface area contributed by atoms with Gasteiger partial charge < -0.3 is 9.47 Å². The summed E-state index contributed by atoms with van der Waals surface area (Å²) in [5, 5.41) is 0. The van der Waals surface area contributed by atoms with E-state index in [-0.39, 0.29) is 12.2 Å². The van der Waals surface area contributed by atoms with Crippen molar-refractivity contribution in [2.24, 2.45) is 0 Å². The second-order valence-corrected chi connectivity index (χ2v) is 11.1. The third-order valence-electron chi connectivity index (χ3n) is 7.44. The molecule has 0 bridgehead atoms. The van der Waals surface area contributed by atoms with Crippen LogP contribution in [0.2, 0.25) is 0 Å². The molecule has 0 fully saturated rings. The number of aryl methyl sites for hydroxylation is 1. The molecular formula is C37H46N2O2. The van der Waals surface area contributed by atoms with Gasteiger partial charge in [0.2, 0.25) is 0 Å². The zero-order valence-corrected chi connectivity index (χ0v) is 25.1. The summed E-state index contributed by atoms with van der Waals surface area (Å²) in [7, 11) is 0. The summed E-state index contributed by atoms with van der Waals surface area (Å²) in [6, 6.07) is 26.7. The molecule has 4 aromatic rings. The van der Waals surface area contributed by atoms with Crippen molar-refractivity contribution in [2.75, 3.05) is 0 Å². The molecule has 2 atom stereocenters. The molecule has 4 rings (SSSR count). The van der Waals surface area contributed by atoms with Crippen LogP contribution in [0.1, 0.15) is 84.1 Å². The summed E-state index contributed by atoms with van der Waals surface area (Å²) in [6.45, 7) is 6.44. The van der Waals surface area contributed by atoms with Gasteiger partial charge in [-0.3, -0.25) is 0 Å². The molecule has 41 heavy (non-hydrogen) atoms. The van der Waals surface area contributed by atoms with E-state index in [4.69, 9.17) is 9.47 Å². The van der Waals surface area contributed by atoms with E-state index in [0.29, 0.717) is 0 Å². The van der Waals surface area contributed by atoms with Crippen LogP contribution in [0.4, 0.5) is 0 Å². The van der Waals surface area contributed by atoms with Crippen molar-refractivity contribution in [3.05, 3.63) is 96.8 Å². The maximum atomic E-state index is 6.18. The Labute approximate surface area is 247 Å². The SMILES string of the molecule is CCCCCCCCCCc1cnc(-c2ccc(O[C@@H](C)C[C@H](C)Oc3ccc(-c4ccccc4)cc3)cc2)nc1. The van der Waals surface area contributed by atoms with Gasteiger partial charge in [-0.05, 0) is 79.8 Å². The smallest absolute Gasteiger partial charge is 0.159 e. The fraction of sp³-hybridized carbons (Fsp3) is 0.405. The highest BCUT2D eigenvalue weighted by Crippen LogP contribution is 2.24. The van der Waals surface area contributed by atoms with E-state index in [9.17, 15) is 0 Å².